The van der Waals surface area contributed by atoms with Gasteiger partial charge in [-0.15, -0.1) is 12.4 Å². The number of aromatic amines is 1. The number of hydrogen-bond donors (Lipinski definition) is 1. The van der Waals surface area contributed by atoms with Crippen LogP contribution in [0.2, 0.25) is 15.1 Å². The fourth-order valence-electron chi connectivity index (χ4n) is 3.83. The number of para-hydroxylation sites is 2. The smallest absolute Gasteiger partial charge is 0.295 e. The minimum Gasteiger partial charge on any atom is -0.366 e. The van der Waals surface area contributed by atoms with Gasteiger partial charge in [0.15, 0.2) is 0 Å². The van der Waals surface area contributed by atoms with E-state index in [4.69, 9.17) is 34.8 Å². The first-order chi connectivity index (χ1) is 16.3. The number of aromatic nitrogens is 4. The van der Waals surface area contributed by atoms with Crippen molar-refractivity contribution in [2.24, 2.45) is 0 Å². The third-order valence-corrected chi connectivity index (χ3v) is 8.82. The number of H-pyrrole nitrogens is 1. The largest absolute Gasteiger partial charge is 0.366 e. The Morgan fingerprint density at radius 1 is 0.914 bits per heavy atom. The number of fused-ring (bicyclic) bond motifs is 1. The third-order valence-electron chi connectivity index (χ3n) is 5.59. The van der Waals surface area contributed by atoms with Crippen LogP contribution in [0.15, 0.2) is 58.4 Å². The highest BCUT2D eigenvalue weighted by molar-refractivity contribution is 7.89. The second-order valence-electron chi connectivity index (χ2n) is 7.58. The van der Waals surface area contributed by atoms with Gasteiger partial charge in [-0.2, -0.15) is 14.1 Å². The zero-order valence-electron chi connectivity index (χ0n) is 17.9. The van der Waals surface area contributed by atoms with Crippen molar-refractivity contribution >= 4 is 74.0 Å². The molecule has 2 aromatic heterocycles. The molecule has 2 aromatic carbocycles. The standard InChI is InChI=1S/C21H17Cl3N6O3S.ClH/c22-13-4-3-7-17(18(13)23)34(32,33)29-10-8-28(9-11-29)16-12-25-30(20(31)19(16)24)21-26-14-5-1-2-6-15(14)27-21;/h1-7,12H,8-11H2,(H,26,27);1H. The van der Waals surface area contributed by atoms with E-state index in [9.17, 15) is 13.2 Å². The van der Waals surface area contributed by atoms with Crippen LogP contribution in [-0.2, 0) is 10.0 Å². The van der Waals surface area contributed by atoms with Gasteiger partial charge in [0.2, 0.25) is 16.0 Å². The van der Waals surface area contributed by atoms with Gasteiger partial charge in [0.05, 0.1) is 33.0 Å². The molecule has 0 atom stereocenters. The predicted molar refractivity (Wildman–Crippen MR) is 139 cm³/mol. The number of benzene rings is 2. The first kappa shape index (κ1) is 25.7. The van der Waals surface area contributed by atoms with Crippen molar-refractivity contribution in [1.82, 2.24) is 24.1 Å². The minimum absolute atomic E-state index is 0. The highest BCUT2D eigenvalue weighted by Crippen LogP contribution is 2.32. The normalized spacial score (nSPS) is 14.8. The van der Waals surface area contributed by atoms with Crippen LogP contribution >= 0.6 is 47.2 Å². The van der Waals surface area contributed by atoms with E-state index < -0.39 is 15.6 Å². The van der Waals surface area contributed by atoms with Crippen molar-refractivity contribution < 1.29 is 8.42 Å². The van der Waals surface area contributed by atoms with E-state index in [1.165, 1.54) is 22.6 Å². The van der Waals surface area contributed by atoms with E-state index in [-0.39, 0.29) is 51.4 Å². The molecule has 0 saturated carbocycles. The first-order valence-corrected chi connectivity index (χ1v) is 12.8. The van der Waals surface area contributed by atoms with Crippen LogP contribution in [0, 0.1) is 0 Å². The maximum atomic E-state index is 13.1. The summed E-state index contributed by atoms with van der Waals surface area (Å²) in [6.45, 7) is 0.974. The Morgan fingerprint density at radius 2 is 1.63 bits per heavy atom. The summed E-state index contributed by atoms with van der Waals surface area (Å²) in [5, 5.41) is 4.38. The number of hydrogen-bond acceptors (Lipinski definition) is 6. The molecule has 1 N–H and O–H groups in total. The molecule has 0 radical (unpaired) electrons. The predicted octanol–water partition coefficient (Wildman–Crippen LogP) is 4.00. The van der Waals surface area contributed by atoms with Gasteiger partial charge in [-0.25, -0.2) is 13.4 Å². The molecule has 1 aliphatic heterocycles. The Bertz CT molecular complexity index is 1530. The van der Waals surface area contributed by atoms with Gasteiger partial charge >= 0.3 is 0 Å². The average molecular weight is 576 g/mol. The lowest BCUT2D eigenvalue weighted by molar-refractivity contribution is 0.384. The number of imidazole rings is 1. The highest BCUT2D eigenvalue weighted by Gasteiger charge is 2.31. The number of anilines is 1. The van der Waals surface area contributed by atoms with Crippen LogP contribution in [0.1, 0.15) is 0 Å². The lowest BCUT2D eigenvalue weighted by atomic mass is 10.3. The molecule has 35 heavy (non-hydrogen) atoms. The van der Waals surface area contributed by atoms with Gasteiger partial charge in [-0.1, -0.05) is 53.0 Å². The number of nitrogens with zero attached hydrogens (tertiary/aromatic N) is 5. The van der Waals surface area contributed by atoms with E-state index in [1.807, 2.05) is 29.2 Å². The van der Waals surface area contributed by atoms with Gasteiger partial charge in [0.25, 0.3) is 5.56 Å². The van der Waals surface area contributed by atoms with Crippen LogP contribution in [0.5, 0.6) is 0 Å². The molecule has 14 heteroatoms. The van der Waals surface area contributed by atoms with E-state index in [1.54, 1.807) is 6.07 Å². The molecule has 0 bridgehead atoms. The average Bonchev–Trinajstić information content (AvgIpc) is 3.26. The molecular weight excluding hydrogens is 558 g/mol. The molecule has 1 fully saturated rings. The Kier molecular flexibility index (Phi) is 7.33. The molecule has 3 heterocycles. The van der Waals surface area contributed by atoms with Crippen LogP contribution in [-0.4, -0.2) is 58.7 Å². The van der Waals surface area contributed by atoms with Gasteiger partial charge < -0.3 is 9.88 Å². The summed E-state index contributed by atoms with van der Waals surface area (Å²) < 4.78 is 28.6. The molecule has 1 saturated heterocycles. The number of halogens is 4. The van der Waals surface area contributed by atoms with Gasteiger partial charge in [0.1, 0.15) is 9.92 Å². The molecule has 5 rings (SSSR count). The minimum atomic E-state index is -3.83. The monoisotopic (exact) mass is 574 g/mol. The van der Waals surface area contributed by atoms with Crippen molar-refractivity contribution in [3.05, 3.63) is 74.1 Å². The maximum absolute atomic E-state index is 13.1. The molecule has 0 amide bonds. The van der Waals surface area contributed by atoms with Gasteiger partial charge in [-0.3, -0.25) is 4.79 Å². The highest BCUT2D eigenvalue weighted by atomic mass is 35.5. The lowest BCUT2D eigenvalue weighted by Gasteiger charge is -2.35. The third kappa shape index (κ3) is 4.62. The Hall–Kier alpha value is -2.34. The summed E-state index contributed by atoms with van der Waals surface area (Å²) in [7, 11) is -3.83. The fraction of sp³-hybridized carbons (Fsp3) is 0.190. The summed E-state index contributed by atoms with van der Waals surface area (Å²) in [5.74, 6) is 0.258. The van der Waals surface area contributed by atoms with Crippen molar-refractivity contribution in [3.63, 3.8) is 0 Å². The molecule has 1 aliphatic rings. The quantitative estimate of drug-likeness (QED) is 0.394. The number of sulfonamides is 1. The summed E-state index contributed by atoms with van der Waals surface area (Å²) in [6, 6.07) is 11.9. The lowest BCUT2D eigenvalue weighted by Crippen LogP contribution is -2.49. The Labute approximate surface area is 221 Å². The van der Waals surface area contributed by atoms with Crippen molar-refractivity contribution in [3.8, 4) is 5.95 Å². The van der Waals surface area contributed by atoms with Crippen LogP contribution in [0.3, 0.4) is 0 Å². The molecule has 184 valence electrons. The van der Waals surface area contributed by atoms with Crippen molar-refractivity contribution in [2.75, 3.05) is 31.1 Å². The topological polar surface area (TPSA) is 104 Å². The molecular formula is C21H18Cl4N6O3S. The molecule has 0 unspecified atom stereocenters. The summed E-state index contributed by atoms with van der Waals surface area (Å²) in [5.41, 5.74) is 1.36. The zero-order chi connectivity index (χ0) is 24.0. The molecule has 0 aliphatic carbocycles. The second kappa shape index (κ2) is 9.96. The van der Waals surface area contributed by atoms with Crippen LogP contribution < -0.4 is 10.5 Å². The summed E-state index contributed by atoms with van der Waals surface area (Å²) in [4.78, 5) is 22.2. The van der Waals surface area contributed by atoms with E-state index in [0.717, 1.165) is 10.2 Å². The zero-order valence-corrected chi connectivity index (χ0v) is 21.8. The molecule has 4 aromatic rings. The van der Waals surface area contributed by atoms with Crippen molar-refractivity contribution in [1.29, 1.82) is 0 Å². The van der Waals surface area contributed by atoms with E-state index >= 15 is 0 Å². The summed E-state index contributed by atoms with van der Waals surface area (Å²) >= 11 is 18.5. The fourth-order valence-corrected chi connectivity index (χ4v) is 6.23. The van der Waals surface area contributed by atoms with E-state index in [0.29, 0.717) is 24.3 Å². The Balaban J connectivity index is 0.00000289. The van der Waals surface area contributed by atoms with Crippen LogP contribution in [0.4, 0.5) is 5.69 Å². The molecule has 0 spiro atoms. The number of nitrogens with one attached hydrogen (secondary N) is 1. The van der Waals surface area contributed by atoms with Gasteiger partial charge in [-0.05, 0) is 24.3 Å². The number of rotatable bonds is 4. The van der Waals surface area contributed by atoms with E-state index in [2.05, 4.69) is 15.1 Å². The van der Waals surface area contributed by atoms with Crippen LogP contribution in [0.25, 0.3) is 17.0 Å². The van der Waals surface area contributed by atoms with Crippen molar-refractivity contribution in [2.45, 2.75) is 4.90 Å². The Morgan fingerprint density at radius 3 is 2.34 bits per heavy atom. The SMILES string of the molecule is Cl.O=c1c(Cl)c(N2CCN(S(=O)(=O)c3cccc(Cl)c3Cl)CC2)cnn1-c1nc2ccccc2[nH]1. The molecule has 9 nitrogen and oxygen atoms in total. The second-order valence-corrected chi connectivity index (χ2v) is 10.7. The van der Waals surface area contributed by atoms with Gasteiger partial charge in [0, 0.05) is 26.2 Å². The maximum Gasteiger partial charge on any atom is 0.295 e. The number of piperazine rings is 1. The first-order valence-electron chi connectivity index (χ1n) is 10.2. The summed E-state index contributed by atoms with van der Waals surface area (Å²) in [6.07, 6.45) is 1.48.